The van der Waals surface area contributed by atoms with Crippen LogP contribution in [-0.4, -0.2) is 28.8 Å². The van der Waals surface area contributed by atoms with Gasteiger partial charge in [0.15, 0.2) is 0 Å². The zero-order valence-electron chi connectivity index (χ0n) is 9.41. The second kappa shape index (κ2) is 4.70. The average molecular weight is 241 g/mol. The Kier molecular flexibility index (Phi) is 3.47. The van der Waals surface area contributed by atoms with E-state index in [0.29, 0.717) is 5.02 Å². The van der Waals surface area contributed by atoms with E-state index in [-0.39, 0.29) is 5.92 Å². The maximum Gasteiger partial charge on any atom is 0.0752 e. The van der Waals surface area contributed by atoms with E-state index in [2.05, 4.69) is 10.3 Å². The average Bonchev–Trinajstić information content (AvgIpc) is 2.30. The minimum Gasteiger partial charge on any atom is -0.389 e. The highest BCUT2D eigenvalue weighted by atomic mass is 35.5. The van der Waals surface area contributed by atoms with Crippen molar-refractivity contribution in [3.8, 4) is 0 Å². The van der Waals surface area contributed by atoms with Crippen molar-refractivity contribution in [2.24, 2.45) is 0 Å². The first-order chi connectivity index (χ1) is 7.62. The highest BCUT2D eigenvalue weighted by Gasteiger charge is 2.36. The summed E-state index contributed by atoms with van der Waals surface area (Å²) in [5.41, 5.74) is 0.278. The van der Waals surface area contributed by atoms with Crippen molar-refractivity contribution in [2.45, 2.75) is 31.3 Å². The van der Waals surface area contributed by atoms with Gasteiger partial charge in [-0.05, 0) is 38.1 Å². The molecule has 0 aliphatic carbocycles. The van der Waals surface area contributed by atoms with Crippen molar-refractivity contribution in [3.05, 3.63) is 29.0 Å². The SMILES string of the molecule is C[C@@H](c1ccc(Cl)cn1)C1(O)CCNCC1. The van der Waals surface area contributed by atoms with Crippen LogP contribution in [0.25, 0.3) is 0 Å². The van der Waals surface area contributed by atoms with E-state index < -0.39 is 5.60 Å². The maximum absolute atomic E-state index is 10.5. The van der Waals surface area contributed by atoms with Gasteiger partial charge in [-0.1, -0.05) is 18.5 Å². The van der Waals surface area contributed by atoms with E-state index in [1.165, 1.54) is 0 Å². The number of hydrogen-bond acceptors (Lipinski definition) is 3. The number of hydrogen-bond donors (Lipinski definition) is 2. The molecule has 1 aromatic heterocycles. The Bertz CT molecular complexity index is 347. The van der Waals surface area contributed by atoms with E-state index in [4.69, 9.17) is 11.6 Å². The normalized spacial score (nSPS) is 21.7. The van der Waals surface area contributed by atoms with Gasteiger partial charge in [-0.25, -0.2) is 0 Å². The minimum atomic E-state index is -0.633. The van der Waals surface area contributed by atoms with Crippen molar-refractivity contribution in [3.63, 3.8) is 0 Å². The molecule has 1 fully saturated rings. The molecule has 16 heavy (non-hydrogen) atoms. The van der Waals surface area contributed by atoms with Crippen LogP contribution in [0.5, 0.6) is 0 Å². The molecule has 2 rings (SSSR count). The van der Waals surface area contributed by atoms with Crippen LogP contribution in [0.3, 0.4) is 0 Å². The van der Waals surface area contributed by atoms with Crippen molar-refractivity contribution >= 4 is 11.6 Å². The van der Waals surface area contributed by atoms with Crippen molar-refractivity contribution in [1.82, 2.24) is 10.3 Å². The number of pyridine rings is 1. The Labute approximate surface area is 101 Å². The van der Waals surface area contributed by atoms with E-state index in [1.807, 2.05) is 19.1 Å². The first kappa shape index (κ1) is 11.8. The molecule has 0 amide bonds. The molecule has 2 N–H and O–H groups in total. The van der Waals surface area contributed by atoms with E-state index >= 15 is 0 Å². The molecule has 4 heteroatoms. The van der Waals surface area contributed by atoms with E-state index in [1.54, 1.807) is 6.20 Å². The summed E-state index contributed by atoms with van der Waals surface area (Å²) < 4.78 is 0. The van der Waals surface area contributed by atoms with E-state index in [0.717, 1.165) is 31.6 Å². The Morgan fingerprint density at radius 2 is 2.12 bits per heavy atom. The van der Waals surface area contributed by atoms with Gasteiger partial charge in [-0.3, -0.25) is 4.98 Å². The topological polar surface area (TPSA) is 45.2 Å². The Morgan fingerprint density at radius 1 is 1.44 bits per heavy atom. The second-order valence-corrected chi connectivity index (χ2v) is 4.91. The lowest BCUT2D eigenvalue weighted by Gasteiger charge is -2.37. The van der Waals surface area contributed by atoms with Crippen LogP contribution >= 0.6 is 11.6 Å². The summed E-state index contributed by atoms with van der Waals surface area (Å²) in [5.74, 6) is 0.0480. The van der Waals surface area contributed by atoms with Gasteiger partial charge in [0.2, 0.25) is 0 Å². The van der Waals surface area contributed by atoms with Gasteiger partial charge in [0.25, 0.3) is 0 Å². The summed E-state index contributed by atoms with van der Waals surface area (Å²) in [6.45, 7) is 3.77. The van der Waals surface area contributed by atoms with Gasteiger partial charge in [0, 0.05) is 17.8 Å². The molecule has 1 aromatic rings. The van der Waals surface area contributed by atoms with Crippen LogP contribution in [0.1, 0.15) is 31.4 Å². The Hall–Kier alpha value is -0.640. The first-order valence-corrected chi connectivity index (χ1v) is 6.04. The zero-order valence-corrected chi connectivity index (χ0v) is 10.2. The standard InChI is InChI=1S/C12H17ClN2O/c1-9(11-3-2-10(13)8-15-11)12(16)4-6-14-7-5-12/h2-3,8-9,14,16H,4-7H2,1H3/t9-/m0/s1. The summed E-state index contributed by atoms with van der Waals surface area (Å²) in [6, 6.07) is 3.72. The molecule has 0 radical (unpaired) electrons. The maximum atomic E-state index is 10.5. The number of rotatable bonds is 2. The molecular weight excluding hydrogens is 224 g/mol. The largest absolute Gasteiger partial charge is 0.389 e. The molecule has 3 nitrogen and oxygen atoms in total. The van der Waals surface area contributed by atoms with Crippen molar-refractivity contribution in [1.29, 1.82) is 0 Å². The quantitative estimate of drug-likeness (QED) is 0.831. The van der Waals surface area contributed by atoms with E-state index in [9.17, 15) is 5.11 Å². The fraction of sp³-hybridized carbons (Fsp3) is 0.583. The summed E-state index contributed by atoms with van der Waals surface area (Å²) in [4.78, 5) is 4.29. The third kappa shape index (κ3) is 2.37. The molecule has 1 saturated heterocycles. The first-order valence-electron chi connectivity index (χ1n) is 5.66. The molecule has 0 aromatic carbocycles. The number of aromatic nitrogens is 1. The van der Waals surface area contributed by atoms with Gasteiger partial charge in [-0.2, -0.15) is 0 Å². The van der Waals surface area contributed by atoms with Crippen LogP contribution in [0.15, 0.2) is 18.3 Å². The van der Waals surface area contributed by atoms with Gasteiger partial charge in [0.1, 0.15) is 0 Å². The lowest BCUT2D eigenvalue weighted by molar-refractivity contribution is -0.0118. The third-order valence-corrected chi connectivity index (χ3v) is 3.69. The molecule has 1 atom stereocenters. The van der Waals surface area contributed by atoms with Gasteiger partial charge in [0.05, 0.1) is 10.6 Å². The highest BCUT2D eigenvalue weighted by molar-refractivity contribution is 6.30. The Balaban J connectivity index is 2.16. The predicted octanol–water partition coefficient (Wildman–Crippen LogP) is 1.95. The second-order valence-electron chi connectivity index (χ2n) is 4.48. The van der Waals surface area contributed by atoms with Crippen LogP contribution in [0, 0.1) is 0 Å². The number of nitrogens with zero attached hydrogens (tertiary/aromatic N) is 1. The number of aliphatic hydroxyl groups is 1. The van der Waals surface area contributed by atoms with Crippen LogP contribution in [0.2, 0.25) is 5.02 Å². The lowest BCUT2D eigenvalue weighted by atomic mass is 9.79. The van der Waals surface area contributed by atoms with Crippen LogP contribution < -0.4 is 5.32 Å². The summed E-state index contributed by atoms with van der Waals surface area (Å²) in [5, 5.41) is 14.4. The third-order valence-electron chi connectivity index (χ3n) is 3.47. The monoisotopic (exact) mass is 240 g/mol. The van der Waals surface area contributed by atoms with Crippen LogP contribution in [0.4, 0.5) is 0 Å². The number of halogens is 1. The molecule has 0 saturated carbocycles. The summed E-state index contributed by atoms with van der Waals surface area (Å²) in [7, 11) is 0. The fourth-order valence-corrected chi connectivity index (χ4v) is 2.32. The fourth-order valence-electron chi connectivity index (χ4n) is 2.21. The van der Waals surface area contributed by atoms with Gasteiger partial charge < -0.3 is 10.4 Å². The molecule has 2 heterocycles. The highest BCUT2D eigenvalue weighted by Crippen LogP contribution is 2.33. The Morgan fingerprint density at radius 3 is 2.69 bits per heavy atom. The molecule has 1 aliphatic heterocycles. The van der Waals surface area contributed by atoms with Gasteiger partial charge in [-0.15, -0.1) is 0 Å². The molecule has 0 unspecified atom stereocenters. The van der Waals surface area contributed by atoms with Crippen molar-refractivity contribution < 1.29 is 5.11 Å². The summed E-state index contributed by atoms with van der Waals surface area (Å²) in [6.07, 6.45) is 3.19. The number of piperidine rings is 1. The smallest absolute Gasteiger partial charge is 0.0752 e. The van der Waals surface area contributed by atoms with Crippen LogP contribution in [-0.2, 0) is 0 Å². The van der Waals surface area contributed by atoms with Crippen molar-refractivity contribution in [2.75, 3.05) is 13.1 Å². The molecule has 0 bridgehead atoms. The molecule has 0 spiro atoms. The predicted molar refractivity (Wildman–Crippen MR) is 64.7 cm³/mol. The summed E-state index contributed by atoms with van der Waals surface area (Å²) >= 11 is 5.80. The number of nitrogens with one attached hydrogen (secondary N) is 1. The lowest BCUT2D eigenvalue weighted by Crippen LogP contribution is -2.45. The minimum absolute atomic E-state index is 0.0480. The van der Waals surface area contributed by atoms with Gasteiger partial charge >= 0.3 is 0 Å². The molecule has 1 aliphatic rings. The molecular formula is C12H17ClN2O. The molecule has 88 valence electrons. The zero-order chi connectivity index (χ0) is 11.6.